The molecule has 0 amide bonds. The molecule has 0 N–H and O–H groups in total. The molecule has 15 heavy (non-hydrogen) atoms. The number of hydrogen-bond acceptors (Lipinski definition) is 3. The maximum Gasteiger partial charge on any atom is 0.416 e. The third-order valence-corrected chi connectivity index (χ3v) is 2.73. The topological polar surface area (TPSA) is 36.7 Å². The van der Waals surface area contributed by atoms with Crippen LogP contribution in [0.25, 0.3) is 10.2 Å². The van der Waals surface area contributed by atoms with Crippen molar-refractivity contribution in [2.24, 2.45) is 0 Å². The normalized spacial score (nSPS) is 11.6. The Morgan fingerprint density at radius 2 is 2.07 bits per heavy atom. The lowest BCUT2D eigenvalue weighted by atomic mass is 10.2. The summed E-state index contributed by atoms with van der Waals surface area (Å²) in [5, 5.41) is 8.71. The van der Waals surface area contributed by atoms with Crippen LogP contribution in [-0.2, 0) is 6.18 Å². The highest BCUT2D eigenvalue weighted by atomic mass is 32.1. The number of thiazole rings is 1. The van der Waals surface area contributed by atoms with Gasteiger partial charge in [-0.15, -0.1) is 11.3 Å². The van der Waals surface area contributed by atoms with Crippen molar-refractivity contribution in [1.29, 1.82) is 5.26 Å². The molecule has 0 saturated heterocycles. The van der Waals surface area contributed by atoms with Gasteiger partial charge in [0, 0.05) is 0 Å². The van der Waals surface area contributed by atoms with Crippen molar-refractivity contribution >= 4 is 21.6 Å². The molecule has 1 aromatic heterocycles. The molecule has 0 aliphatic carbocycles. The molecule has 6 heteroatoms. The summed E-state index contributed by atoms with van der Waals surface area (Å²) in [5.74, 6) is 0. The summed E-state index contributed by atoms with van der Waals surface area (Å²) < 4.78 is 37.3. The van der Waals surface area contributed by atoms with Gasteiger partial charge in [0.15, 0.2) is 5.01 Å². The van der Waals surface area contributed by atoms with Gasteiger partial charge in [0.2, 0.25) is 0 Å². The van der Waals surface area contributed by atoms with Crippen molar-refractivity contribution in [3.63, 3.8) is 0 Å². The molecule has 0 saturated carbocycles. The number of alkyl halides is 3. The Morgan fingerprint density at radius 3 is 2.67 bits per heavy atom. The third-order valence-electron chi connectivity index (χ3n) is 1.81. The Bertz CT molecular complexity index is 550. The van der Waals surface area contributed by atoms with Crippen LogP contribution in [0.5, 0.6) is 0 Å². The standard InChI is InChI=1S/C9H3F3N2S/c10-9(11,12)5-1-2-6-7(3-5)15-8(4-13)14-6/h1-3H. The summed E-state index contributed by atoms with van der Waals surface area (Å²) in [6, 6.07) is 5.04. The van der Waals surface area contributed by atoms with Gasteiger partial charge in [0.1, 0.15) is 6.07 Å². The molecular formula is C9H3F3N2S. The number of aromatic nitrogens is 1. The second-order valence-corrected chi connectivity index (χ2v) is 3.84. The van der Waals surface area contributed by atoms with Crippen LogP contribution in [-0.4, -0.2) is 4.98 Å². The van der Waals surface area contributed by atoms with Crippen LogP contribution in [0.3, 0.4) is 0 Å². The van der Waals surface area contributed by atoms with Gasteiger partial charge in [-0.25, -0.2) is 4.98 Å². The molecule has 0 aliphatic heterocycles. The van der Waals surface area contributed by atoms with E-state index < -0.39 is 11.7 Å². The zero-order chi connectivity index (χ0) is 11.1. The predicted octanol–water partition coefficient (Wildman–Crippen LogP) is 3.19. The van der Waals surface area contributed by atoms with Crippen molar-refractivity contribution in [2.75, 3.05) is 0 Å². The van der Waals surface area contributed by atoms with E-state index in [9.17, 15) is 13.2 Å². The summed E-state index contributed by atoms with van der Waals surface area (Å²) in [6.45, 7) is 0. The molecule has 0 fully saturated rings. The van der Waals surface area contributed by atoms with E-state index in [2.05, 4.69) is 4.98 Å². The first-order valence-corrected chi connectivity index (χ1v) is 4.70. The van der Waals surface area contributed by atoms with Crippen molar-refractivity contribution in [2.45, 2.75) is 6.18 Å². The maximum atomic E-state index is 12.3. The van der Waals surface area contributed by atoms with Gasteiger partial charge in [-0.05, 0) is 18.2 Å². The van der Waals surface area contributed by atoms with Crippen LogP contribution in [0.15, 0.2) is 18.2 Å². The van der Waals surface area contributed by atoms with E-state index in [4.69, 9.17) is 5.26 Å². The molecule has 1 heterocycles. The smallest absolute Gasteiger partial charge is 0.226 e. The van der Waals surface area contributed by atoms with Gasteiger partial charge in [-0.1, -0.05) is 0 Å². The highest BCUT2D eigenvalue weighted by Crippen LogP contribution is 2.32. The lowest BCUT2D eigenvalue weighted by Crippen LogP contribution is -2.03. The zero-order valence-corrected chi connectivity index (χ0v) is 7.99. The molecular weight excluding hydrogens is 225 g/mol. The Hall–Kier alpha value is -1.61. The number of benzene rings is 1. The minimum Gasteiger partial charge on any atom is -0.226 e. The molecule has 0 unspecified atom stereocenters. The highest BCUT2D eigenvalue weighted by molar-refractivity contribution is 7.19. The quantitative estimate of drug-likeness (QED) is 0.694. The average molecular weight is 228 g/mol. The number of fused-ring (bicyclic) bond motifs is 1. The average Bonchev–Trinajstić information content (AvgIpc) is 2.57. The summed E-state index contributed by atoms with van der Waals surface area (Å²) >= 11 is 0.955. The van der Waals surface area contributed by atoms with Gasteiger partial charge >= 0.3 is 6.18 Å². The van der Waals surface area contributed by atoms with Crippen LogP contribution in [0, 0.1) is 11.3 Å². The Balaban J connectivity index is 2.62. The van der Waals surface area contributed by atoms with E-state index in [1.807, 2.05) is 0 Å². The first kappa shape index (κ1) is 9.93. The van der Waals surface area contributed by atoms with Crippen molar-refractivity contribution < 1.29 is 13.2 Å². The molecule has 2 aromatic rings. The first-order valence-electron chi connectivity index (χ1n) is 3.88. The molecule has 0 atom stereocenters. The second-order valence-electron chi connectivity index (χ2n) is 2.81. The fourth-order valence-corrected chi connectivity index (χ4v) is 1.95. The van der Waals surface area contributed by atoms with Crippen LogP contribution in [0.1, 0.15) is 10.6 Å². The van der Waals surface area contributed by atoms with Gasteiger partial charge in [-0.2, -0.15) is 18.4 Å². The zero-order valence-electron chi connectivity index (χ0n) is 7.17. The number of rotatable bonds is 0. The number of hydrogen-bond donors (Lipinski definition) is 0. The summed E-state index contributed by atoms with van der Waals surface area (Å²) in [6.07, 6.45) is -4.36. The molecule has 0 aliphatic rings. The molecule has 0 bridgehead atoms. The number of nitrogens with zero attached hydrogens (tertiary/aromatic N) is 2. The van der Waals surface area contributed by atoms with Crippen LogP contribution in [0.2, 0.25) is 0 Å². The lowest BCUT2D eigenvalue weighted by molar-refractivity contribution is -0.137. The monoisotopic (exact) mass is 228 g/mol. The maximum absolute atomic E-state index is 12.3. The lowest BCUT2D eigenvalue weighted by Gasteiger charge is -2.04. The highest BCUT2D eigenvalue weighted by Gasteiger charge is 2.30. The molecule has 2 nitrogen and oxygen atoms in total. The fraction of sp³-hybridized carbons (Fsp3) is 0.111. The summed E-state index contributed by atoms with van der Waals surface area (Å²) in [5.41, 5.74) is -0.298. The second kappa shape index (κ2) is 3.21. The van der Waals surface area contributed by atoms with Gasteiger partial charge in [0.25, 0.3) is 0 Å². The van der Waals surface area contributed by atoms with Gasteiger partial charge in [-0.3, -0.25) is 0 Å². The van der Waals surface area contributed by atoms with Gasteiger partial charge in [0.05, 0.1) is 15.8 Å². The molecule has 1 aromatic carbocycles. The number of nitriles is 1. The van der Waals surface area contributed by atoms with E-state index in [1.54, 1.807) is 6.07 Å². The SMILES string of the molecule is N#Cc1nc2ccc(C(F)(F)F)cc2s1. The first-order chi connectivity index (χ1) is 7.00. The van der Waals surface area contributed by atoms with E-state index >= 15 is 0 Å². The molecule has 0 radical (unpaired) electrons. The third kappa shape index (κ3) is 1.78. The largest absolute Gasteiger partial charge is 0.416 e. The predicted molar refractivity (Wildman–Crippen MR) is 49.3 cm³/mol. The van der Waals surface area contributed by atoms with E-state index in [0.29, 0.717) is 10.2 Å². The Morgan fingerprint density at radius 1 is 1.33 bits per heavy atom. The fourth-order valence-electron chi connectivity index (χ4n) is 1.15. The van der Waals surface area contributed by atoms with Crippen molar-refractivity contribution in [3.05, 3.63) is 28.8 Å². The molecule has 76 valence electrons. The van der Waals surface area contributed by atoms with Crippen LogP contribution in [0.4, 0.5) is 13.2 Å². The minimum atomic E-state index is -4.36. The summed E-state index contributed by atoms with van der Waals surface area (Å²) in [4.78, 5) is 3.84. The van der Waals surface area contributed by atoms with Crippen LogP contribution < -0.4 is 0 Å². The van der Waals surface area contributed by atoms with Crippen LogP contribution >= 0.6 is 11.3 Å². The van der Waals surface area contributed by atoms with E-state index in [0.717, 1.165) is 23.5 Å². The van der Waals surface area contributed by atoms with E-state index in [-0.39, 0.29) is 5.01 Å². The molecule has 2 rings (SSSR count). The molecule has 0 spiro atoms. The van der Waals surface area contributed by atoms with Gasteiger partial charge < -0.3 is 0 Å². The Kier molecular flexibility index (Phi) is 2.12. The number of halogens is 3. The van der Waals surface area contributed by atoms with E-state index in [1.165, 1.54) is 6.07 Å². The Labute approximate surface area is 86.6 Å². The minimum absolute atomic E-state index is 0.171. The summed E-state index contributed by atoms with van der Waals surface area (Å²) in [7, 11) is 0. The van der Waals surface area contributed by atoms with Crippen molar-refractivity contribution in [3.8, 4) is 6.07 Å². The van der Waals surface area contributed by atoms with Crippen molar-refractivity contribution in [1.82, 2.24) is 4.98 Å².